The van der Waals surface area contributed by atoms with Gasteiger partial charge in [0.15, 0.2) is 0 Å². The van der Waals surface area contributed by atoms with Crippen molar-refractivity contribution in [2.75, 3.05) is 0 Å². The molecule has 0 nitrogen and oxygen atoms in total. The standard InChI is InChI=1S/Hf.2Ni.2Ti.Zr. The van der Waals surface area contributed by atoms with E-state index < -0.39 is 0 Å². The van der Waals surface area contributed by atoms with E-state index in [1.807, 2.05) is 0 Å². The van der Waals surface area contributed by atoms with Gasteiger partial charge in [-0.3, -0.25) is 0 Å². The van der Waals surface area contributed by atoms with Crippen LogP contribution in [0, 0.1) is 0 Å². The van der Waals surface area contributed by atoms with Gasteiger partial charge in [0.2, 0.25) is 0 Å². The maximum Gasteiger partial charge on any atom is 0 e. The second-order valence-electron chi connectivity index (χ2n) is 0. The van der Waals surface area contributed by atoms with Crippen molar-refractivity contribution in [1.82, 2.24) is 0 Å². The first-order chi connectivity index (χ1) is 0. The van der Waals surface area contributed by atoms with Crippen molar-refractivity contribution >= 4 is 0 Å². The minimum atomic E-state index is 0. The van der Waals surface area contributed by atoms with Gasteiger partial charge in [-0.2, -0.15) is 0 Å². The van der Waals surface area contributed by atoms with Crippen molar-refractivity contribution in [3.05, 3.63) is 0 Å². The molecule has 0 aromatic heterocycles. The van der Waals surface area contributed by atoms with Gasteiger partial charge in [0, 0.05) is 128 Å². The summed E-state index contributed by atoms with van der Waals surface area (Å²) >= 11 is 0. The third kappa shape index (κ3) is 24.2. The van der Waals surface area contributed by atoms with E-state index >= 15 is 0 Å². The molecule has 0 aromatic carbocycles. The number of rotatable bonds is 0. The zero-order chi connectivity index (χ0) is 0. The molecule has 6 heteroatoms. The Morgan fingerprint density at radius 1 is 0.667 bits per heavy atom. The van der Waals surface area contributed by atoms with Gasteiger partial charge in [-0.05, 0) is 0 Å². The summed E-state index contributed by atoms with van der Waals surface area (Å²) in [6.07, 6.45) is 0. The fourth-order valence-electron chi connectivity index (χ4n) is 0. The van der Waals surface area contributed by atoms with Crippen molar-refractivity contribution in [3.8, 4) is 0 Å². The first-order valence-electron chi connectivity index (χ1n) is 0. The van der Waals surface area contributed by atoms with Crippen molar-refractivity contribution in [3.63, 3.8) is 0 Å². The first-order valence-corrected chi connectivity index (χ1v) is 0. The van der Waals surface area contributed by atoms with Gasteiger partial charge >= 0.3 is 0 Å². The molecular weight excluding hydrogens is 483 g/mol. The minimum absolute atomic E-state index is 0. The normalized spacial score (nSPS) is 0. The summed E-state index contributed by atoms with van der Waals surface area (Å²) in [5.41, 5.74) is 0. The SMILES string of the molecule is [Hf].[Ni].[Ni].[Ti].[Ti].[Zr]. The molecule has 0 bridgehead atoms. The Labute approximate surface area is 126 Å². The van der Waals surface area contributed by atoms with E-state index in [2.05, 4.69) is 0 Å². The summed E-state index contributed by atoms with van der Waals surface area (Å²) < 4.78 is 0. The summed E-state index contributed by atoms with van der Waals surface area (Å²) in [6, 6.07) is 0. The van der Waals surface area contributed by atoms with E-state index in [4.69, 9.17) is 0 Å². The van der Waals surface area contributed by atoms with Crippen LogP contribution in [-0.4, -0.2) is 0 Å². The third-order valence-corrected chi connectivity index (χ3v) is 0. The van der Waals surface area contributed by atoms with Crippen molar-refractivity contribution in [1.29, 1.82) is 0 Å². The van der Waals surface area contributed by atoms with Crippen LogP contribution in [0.4, 0.5) is 0 Å². The van der Waals surface area contributed by atoms with Crippen molar-refractivity contribution in [2.24, 2.45) is 0 Å². The summed E-state index contributed by atoms with van der Waals surface area (Å²) in [6.45, 7) is 0. The van der Waals surface area contributed by atoms with Crippen LogP contribution in [0.25, 0.3) is 0 Å². The van der Waals surface area contributed by atoms with Crippen LogP contribution in [0.3, 0.4) is 0 Å². The summed E-state index contributed by atoms with van der Waals surface area (Å²) in [7, 11) is 0. The topological polar surface area (TPSA) is 0 Å². The molecule has 0 aliphatic carbocycles. The molecule has 0 atom stereocenters. The zero-order valence-corrected chi connectivity index (χ0v) is 13.8. The van der Waals surface area contributed by atoms with Gasteiger partial charge in [-0.1, -0.05) is 0 Å². The summed E-state index contributed by atoms with van der Waals surface area (Å²) in [5, 5.41) is 0. The van der Waals surface area contributed by atoms with E-state index in [9.17, 15) is 0 Å². The molecule has 0 aliphatic rings. The molecule has 0 fully saturated rings. The van der Waals surface area contributed by atoms with E-state index in [0.29, 0.717) is 0 Å². The average Bonchev–Trinajstić information content (AvgIpc) is 0. The Kier molecular flexibility index (Phi) is 289. The van der Waals surface area contributed by atoms with Crippen LogP contribution >= 0.6 is 0 Å². The molecular formula is HfNi2Ti2Zr. The Bertz CT molecular complexity index is 11.5. The average molecular weight is 483 g/mol. The third-order valence-electron chi connectivity index (χ3n) is 0. The first kappa shape index (κ1) is 49.2. The minimum Gasteiger partial charge on any atom is 0 e. The smallest absolute Gasteiger partial charge is 0 e. The molecule has 36 valence electrons. The van der Waals surface area contributed by atoms with Crippen LogP contribution in [0.1, 0.15) is 0 Å². The summed E-state index contributed by atoms with van der Waals surface area (Å²) in [5.74, 6) is 0. The second-order valence-corrected chi connectivity index (χ2v) is 0. The maximum atomic E-state index is 0. The molecule has 6 heavy (non-hydrogen) atoms. The van der Waals surface area contributed by atoms with Crippen LogP contribution < -0.4 is 0 Å². The molecule has 0 amide bonds. The van der Waals surface area contributed by atoms with Gasteiger partial charge < -0.3 is 0 Å². The van der Waals surface area contributed by atoms with Gasteiger partial charge in [-0.15, -0.1) is 0 Å². The zero-order valence-electron chi connectivity index (χ0n) is 2.63. The van der Waals surface area contributed by atoms with Gasteiger partial charge in [-0.25, -0.2) is 0 Å². The van der Waals surface area contributed by atoms with E-state index in [1.54, 1.807) is 0 Å². The van der Waals surface area contributed by atoms with Crippen LogP contribution in [-0.2, 0) is 128 Å². The fraction of sp³-hybridized carbons (Fsp3) is 0. The fourth-order valence-corrected chi connectivity index (χ4v) is 0. The van der Waals surface area contributed by atoms with Crippen molar-refractivity contribution in [2.45, 2.75) is 0 Å². The maximum absolute atomic E-state index is 0. The molecule has 0 unspecified atom stereocenters. The molecule has 0 spiro atoms. The van der Waals surface area contributed by atoms with E-state index in [1.165, 1.54) is 0 Å². The molecule has 0 saturated heterocycles. The molecule has 0 rings (SSSR count). The van der Waals surface area contributed by atoms with Gasteiger partial charge in [0.05, 0.1) is 0 Å². The Morgan fingerprint density at radius 2 is 0.667 bits per heavy atom. The molecule has 0 N–H and O–H groups in total. The van der Waals surface area contributed by atoms with Crippen LogP contribution in [0.15, 0.2) is 0 Å². The Morgan fingerprint density at radius 3 is 0.667 bits per heavy atom. The monoisotopic (exact) mass is 482 g/mol. The van der Waals surface area contributed by atoms with E-state index in [0.717, 1.165) is 0 Å². The van der Waals surface area contributed by atoms with Gasteiger partial charge in [0.25, 0.3) is 0 Å². The Hall–Kier alpha value is 4.17. The van der Waals surface area contributed by atoms with Crippen LogP contribution in [0.2, 0.25) is 0 Å². The molecule has 0 radical (unpaired) electrons. The number of hydrogen-bond donors (Lipinski definition) is 0. The second kappa shape index (κ2) is 35.2. The number of hydrogen-bond acceptors (Lipinski definition) is 0. The van der Waals surface area contributed by atoms with Crippen molar-refractivity contribution < 1.29 is 128 Å². The predicted molar refractivity (Wildman–Crippen MR) is 0 cm³/mol. The quantitative estimate of drug-likeness (QED) is 0.426. The predicted octanol–water partition coefficient (Wildman–Crippen LogP) is -0.0150. The molecule has 0 saturated carbocycles. The van der Waals surface area contributed by atoms with Crippen LogP contribution in [0.5, 0.6) is 0 Å². The molecule has 0 aliphatic heterocycles. The van der Waals surface area contributed by atoms with Gasteiger partial charge in [0.1, 0.15) is 0 Å². The Balaban J connectivity index is 0. The van der Waals surface area contributed by atoms with E-state index in [-0.39, 0.29) is 128 Å². The molecule has 0 aromatic rings. The largest absolute Gasteiger partial charge is 0 e. The molecule has 0 heterocycles. The summed E-state index contributed by atoms with van der Waals surface area (Å²) in [4.78, 5) is 0.